The average Bonchev–Trinajstić information content (AvgIpc) is 3.23. The fourth-order valence-corrected chi connectivity index (χ4v) is 4.32. The highest BCUT2D eigenvalue weighted by Gasteiger charge is 2.42. The lowest BCUT2D eigenvalue weighted by Crippen LogP contribution is -2.31. The summed E-state index contributed by atoms with van der Waals surface area (Å²) in [5.41, 5.74) is 3.66. The molecule has 1 atom stereocenters. The van der Waals surface area contributed by atoms with Crippen LogP contribution in [0.1, 0.15) is 34.1 Å². The Kier molecular flexibility index (Phi) is 5.83. The molecule has 29 heavy (non-hydrogen) atoms. The Morgan fingerprint density at radius 3 is 2.52 bits per heavy atom. The van der Waals surface area contributed by atoms with Gasteiger partial charge in [0.25, 0.3) is 5.91 Å². The fraction of sp³-hybridized carbons (Fsp3) is 0.238. The molecule has 0 bridgehead atoms. The molecule has 1 aromatic heterocycles. The van der Waals surface area contributed by atoms with Crippen LogP contribution in [0.25, 0.3) is 11.3 Å². The van der Waals surface area contributed by atoms with E-state index in [0.29, 0.717) is 46.0 Å². The zero-order valence-corrected chi connectivity index (χ0v) is 17.9. The molecule has 1 aliphatic heterocycles. The predicted molar refractivity (Wildman–Crippen MR) is 115 cm³/mol. The van der Waals surface area contributed by atoms with Crippen molar-refractivity contribution in [3.8, 4) is 11.3 Å². The molecule has 150 valence electrons. The first-order valence-electron chi connectivity index (χ1n) is 9.10. The first kappa shape index (κ1) is 20.2. The van der Waals surface area contributed by atoms with Crippen LogP contribution in [0.3, 0.4) is 0 Å². The summed E-state index contributed by atoms with van der Waals surface area (Å²) in [5, 5.41) is 9.04. The maximum absolute atomic E-state index is 13.2. The number of aromatic amines is 1. The minimum Gasteiger partial charge on any atom is -0.385 e. The van der Waals surface area contributed by atoms with Crippen molar-refractivity contribution in [3.63, 3.8) is 0 Å². The molecule has 2 aromatic carbocycles. The number of methoxy groups -OCH3 is 1. The van der Waals surface area contributed by atoms with Crippen LogP contribution in [-0.4, -0.2) is 41.3 Å². The van der Waals surface area contributed by atoms with E-state index >= 15 is 0 Å². The lowest BCUT2D eigenvalue weighted by Gasteiger charge is -2.27. The highest BCUT2D eigenvalue weighted by Crippen LogP contribution is 2.45. The van der Waals surface area contributed by atoms with Crippen molar-refractivity contribution >= 4 is 40.7 Å². The van der Waals surface area contributed by atoms with Crippen LogP contribution < -0.4 is 0 Å². The Morgan fingerprint density at radius 1 is 1.10 bits per heavy atom. The third kappa shape index (κ3) is 3.76. The van der Waals surface area contributed by atoms with Crippen LogP contribution in [0.4, 0.5) is 0 Å². The van der Waals surface area contributed by atoms with Crippen LogP contribution in [0.2, 0.25) is 15.1 Å². The third-order valence-corrected chi connectivity index (χ3v) is 5.80. The Morgan fingerprint density at radius 2 is 1.83 bits per heavy atom. The standard InChI is InChI=1S/C21H18Cl3N3O2/c1-29-10-2-9-27-20(15-8-7-14(23)11-16(15)24)17-18(25-26-19(17)21(27)28)12-3-5-13(22)6-4-12/h3-8,11,20H,2,9-10H2,1H3,(H,25,26). The molecule has 0 saturated heterocycles. The summed E-state index contributed by atoms with van der Waals surface area (Å²) >= 11 is 18.7. The van der Waals surface area contributed by atoms with Gasteiger partial charge in [0.2, 0.25) is 0 Å². The van der Waals surface area contributed by atoms with Gasteiger partial charge < -0.3 is 9.64 Å². The Labute approximate surface area is 183 Å². The molecule has 5 nitrogen and oxygen atoms in total. The van der Waals surface area contributed by atoms with Crippen molar-refractivity contribution in [2.75, 3.05) is 20.3 Å². The third-order valence-electron chi connectivity index (χ3n) is 4.99. The van der Waals surface area contributed by atoms with Gasteiger partial charge in [-0.15, -0.1) is 0 Å². The van der Waals surface area contributed by atoms with E-state index < -0.39 is 0 Å². The number of amides is 1. The summed E-state index contributed by atoms with van der Waals surface area (Å²) in [5.74, 6) is -0.111. The van der Waals surface area contributed by atoms with E-state index in [4.69, 9.17) is 39.5 Å². The summed E-state index contributed by atoms with van der Waals surface area (Å²) in [6.07, 6.45) is 0.706. The van der Waals surface area contributed by atoms with Gasteiger partial charge in [0.15, 0.2) is 0 Å². The van der Waals surface area contributed by atoms with Crippen LogP contribution >= 0.6 is 34.8 Å². The van der Waals surface area contributed by atoms with Gasteiger partial charge in [-0.1, -0.05) is 53.0 Å². The highest BCUT2D eigenvalue weighted by molar-refractivity contribution is 6.35. The van der Waals surface area contributed by atoms with E-state index in [0.717, 1.165) is 16.7 Å². The molecule has 4 rings (SSSR count). The number of carbonyl (C=O) groups is 1. The second kappa shape index (κ2) is 8.36. The number of benzene rings is 2. The first-order chi connectivity index (χ1) is 14.0. The smallest absolute Gasteiger partial charge is 0.273 e. The average molecular weight is 451 g/mol. The quantitative estimate of drug-likeness (QED) is 0.496. The molecule has 0 fully saturated rings. The molecule has 1 unspecified atom stereocenters. The van der Waals surface area contributed by atoms with Crippen LogP contribution in [0.15, 0.2) is 42.5 Å². The molecule has 1 aliphatic rings. The maximum atomic E-state index is 13.2. The van der Waals surface area contributed by atoms with Crippen molar-refractivity contribution in [2.24, 2.45) is 0 Å². The van der Waals surface area contributed by atoms with Gasteiger partial charge in [-0.3, -0.25) is 9.89 Å². The predicted octanol–water partition coefficient (Wildman–Crippen LogP) is 5.62. The van der Waals surface area contributed by atoms with Crippen molar-refractivity contribution < 1.29 is 9.53 Å². The van der Waals surface area contributed by atoms with Crippen LogP contribution in [0.5, 0.6) is 0 Å². The SMILES string of the molecule is COCCCN1C(=O)c2[nH]nc(-c3ccc(Cl)cc3)c2C1c1ccc(Cl)cc1Cl. The Bertz CT molecular complexity index is 1050. The summed E-state index contributed by atoms with van der Waals surface area (Å²) in [6.45, 7) is 1.08. The summed E-state index contributed by atoms with van der Waals surface area (Å²) in [6, 6.07) is 12.3. The van der Waals surface area contributed by atoms with Gasteiger partial charge in [-0.25, -0.2) is 0 Å². The van der Waals surface area contributed by atoms with E-state index in [1.807, 2.05) is 18.2 Å². The zero-order chi connectivity index (χ0) is 20.5. The van der Waals surface area contributed by atoms with Gasteiger partial charge in [0, 0.05) is 46.5 Å². The highest BCUT2D eigenvalue weighted by atomic mass is 35.5. The minimum atomic E-state index is -0.372. The number of rotatable bonds is 6. The lowest BCUT2D eigenvalue weighted by atomic mass is 9.96. The number of H-pyrrole nitrogens is 1. The molecule has 8 heteroatoms. The monoisotopic (exact) mass is 449 g/mol. The van der Waals surface area contributed by atoms with Crippen molar-refractivity contribution in [1.29, 1.82) is 0 Å². The van der Waals surface area contributed by atoms with E-state index in [1.165, 1.54) is 0 Å². The number of fused-ring (bicyclic) bond motifs is 1. The molecule has 0 radical (unpaired) electrons. The minimum absolute atomic E-state index is 0.111. The molecule has 3 aromatic rings. The second-order valence-electron chi connectivity index (χ2n) is 6.78. The number of hydrogen-bond donors (Lipinski definition) is 1. The Hall–Kier alpha value is -2.05. The number of aromatic nitrogens is 2. The van der Waals surface area contributed by atoms with Crippen molar-refractivity contribution in [1.82, 2.24) is 15.1 Å². The van der Waals surface area contributed by atoms with Crippen LogP contribution in [0, 0.1) is 0 Å². The number of hydrogen-bond acceptors (Lipinski definition) is 3. The summed E-state index contributed by atoms with van der Waals surface area (Å²) in [4.78, 5) is 15.0. The maximum Gasteiger partial charge on any atom is 0.273 e. The zero-order valence-electron chi connectivity index (χ0n) is 15.6. The van der Waals surface area contributed by atoms with Crippen LogP contribution in [-0.2, 0) is 4.74 Å². The Balaban J connectivity index is 1.84. The number of halogens is 3. The fourth-order valence-electron chi connectivity index (χ4n) is 3.68. The van der Waals surface area contributed by atoms with E-state index in [9.17, 15) is 4.79 Å². The molecule has 1 amide bonds. The van der Waals surface area contributed by atoms with Crippen molar-refractivity contribution in [3.05, 3.63) is 74.4 Å². The summed E-state index contributed by atoms with van der Waals surface area (Å²) < 4.78 is 5.17. The number of nitrogens with zero attached hydrogens (tertiary/aromatic N) is 2. The molecule has 0 spiro atoms. The number of nitrogens with one attached hydrogen (secondary N) is 1. The topological polar surface area (TPSA) is 58.2 Å². The van der Waals surface area contributed by atoms with E-state index in [-0.39, 0.29) is 11.9 Å². The van der Waals surface area contributed by atoms with Crippen molar-refractivity contribution in [2.45, 2.75) is 12.5 Å². The number of ether oxygens (including phenoxy) is 1. The normalized spacial score (nSPS) is 15.8. The lowest BCUT2D eigenvalue weighted by molar-refractivity contribution is 0.0723. The van der Waals surface area contributed by atoms with Gasteiger partial charge in [-0.2, -0.15) is 5.10 Å². The number of carbonyl (C=O) groups excluding carboxylic acids is 1. The molecule has 1 N–H and O–H groups in total. The molecule has 2 heterocycles. The largest absolute Gasteiger partial charge is 0.385 e. The van der Waals surface area contributed by atoms with Gasteiger partial charge in [0.05, 0.1) is 11.7 Å². The summed E-state index contributed by atoms with van der Waals surface area (Å²) in [7, 11) is 1.64. The molecule has 0 aliphatic carbocycles. The van der Waals surface area contributed by atoms with Gasteiger partial charge in [0.1, 0.15) is 5.69 Å². The second-order valence-corrected chi connectivity index (χ2v) is 8.06. The van der Waals surface area contributed by atoms with Gasteiger partial charge in [-0.05, 0) is 36.2 Å². The van der Waals surface area contributed by atoms with Gasteiger partial charge >= 0.3 is 0 Å². The molecular weight excluding hydrogens is 433 g/mol. The van der Waals surface area contributed by atoms with E-state index in [2.05, 4.69) is 10.2 Å². The molecular formula is C21H18Cl3N3O2. The first-order valence-corrected chi connectivity index (χ1v) is 10.2. The van der Waals surface area contributed by atoms with E-state index in [1.54, 1.807) is 36.3 Å². The molecule has 0 saturated carbocycles.